The van der Waals surface area contributed by atoms with Gasteiger partial charge in [-0.05, 0) is 61.4 Å². The van der Waals surface area contributed by atoms with Crippen molar-refractivity contribution in [2.45, 2.75) is 25.7 Å². The molecule has 0 radical (unpaired) electrons. The van der Waals surface area contributed by atoms with E-state index in [2.05, 4.69) is 0 Å². The average Bonchev–Trinajstić information content (AvgIpc) is 2.81. The minimum absolute atomic E-state index is 0.214. The van der Waals surface area contributed by atoms with Crippen molar-refractivity contribution in [3.63, 3.8) is 0 Å². The summed E-state index contributed by atoms with van der Waals surface area (Å²) in [6, 6.07) is 15.1. The van der Waals surface area contributed by atoms with Gasteiger partial charge in [0.2, 0.25) is 5.91 Å². The second-order valence-corrected chi connectivity index (χ2v) is 5.63. The quantitative estimate of drug-likeness (QED) is 0.840. The number of amides is 1. The summed E-state index contributed by atoms with van der Waals surface area (Å²) in [5, 5.41) is 0. The Balaban J connectivity index is 1.69. The topological polar surface area (TPSA) is 38.8 Å². The van der Waals surface area contributed by atoms with Gasteiger partial charge in [0.1, 0.15) is 17.2 Å². The van der Waals surface area contributed by atoms with Crippen LogP contribution in [0, 0.1) is 0 Å². The van der Waals surface area contributed by atoms with Crippen molar-refractivity contribution in [1.29, 1.82) is 0 Å². The smallest absolute Gasteiger partial charge is 0.226 e. The van der Waals surface area contributed by atoms with E-state index in [-0.39, 0.29) is 5.91 Å². The lowest BCUT2D eigenvalue weighted by molar-refractivity contribution is -0.118. The molecule has 0 saturated carbocycles. The zero-order chi connectivity index (χ0) is 16.1. The predicted octanol–water partition coefficient (Wildman–Crippen LogP) is 4.39. The molecule has 1 aliphatic rings. The summed E-state index contributed by atoms with van der Waals surface area (Å²) >= 11 is 0. The maximum absolute atomic E-state index is 12.1. The molecule has 0 N–H and O–H groups in total. The van der Waals surface area contributed by atoms with E-state index in [1.165, 1.54) is 0 Å². The highest BCUT2D eigenvalue weighted by Gasteiger charge is 2.18. The van der Waals surface area contributed by atoms with E-state index in [0.29, 0.717) is 6.42 Å². The highest BCUT2D eigenvalue weighted by Crippen LogP contribution is 2.27. The number of nitrogens with zero attached hydrogens (tertiary/aromatic N) is 1. The van der Waals surface area contributed by atoms with Crippen molar-refractivity contribution in [3.8, 4) is 17.2 Å². The lowest BCUT2D eigenvalue weighted by atomic mass is 10.2. The van der Waals surface area contributed by atoms with Gasteiger partial charge in [-0.15, -0.1) is 0 Å². The van der Waals surface area contributed by atoms with Gasteiger partial charge in [-0.2, -0.15) is 0 Å². The average molecular weight is 311 g/mol. The molecule has 0 aliphatic carbocycles. The Morgan fingerprint density at radius 3 is 2.09 bits per heavy atom. The summed E-state index contributed by atoms with van der Waals surface area (Å²) in [6.45, 7) is 0.803. The van der Waals surface area contributed by atoms with E-state index in [9.17, 15) is 4.79 Å². The Morgan fingerprint density at radius 2 is 1.43 bits per heavy atom. The third kappa shape index (κ3) is 3.83. The van der Waals surface area contributed by atoms with Crippen molar-refractivity contribution in [2.24, 2.45) is 0 Å². The molecule has 1 aliphatic heterocycles. The van der Waals surface area contributed by atoms with E-state index in [4.69, 9.17) is 9.47 Å². The van der Waals surface area contributed by atoms with Crippen molar-refractivity contribution < 1.29 is 14.3 Å². The van der Waals surface area contributed by atoms with Crippen LogP contribution in [-0.2, 0) is 4.79 Å². The molecule has 0 atom stereocenters. The van der Waals surface area contributed by atoms with E-state index in [1.54, 1.807) is 7.11 Å². The van der Waals surface area contributed by atoms with Gasteiger partial charge in [0, 0.05) is 18.7 Å². The van der Waals surface area contributed by atoms with Crippen LogP contribution in [0.5, 0.6) is 17.2 Å². The van der Waals surface area contributed by atoms with Crippen LogP contribution in [0.15, 0.2) is 48.5 Å². The summed E-state index contributed by atoms with van der Waals surface area (Å²) in [6.07, 6.45) is 3.83. The summed E-state index contributed by atoms with van der Waals surface area (Å²) < 4.78 is 10.9. The molecule has 1 fully saturated rings. The van der Waals surface area contributed by atoms with Crippen molar-refractivity contribution in [1.82, 2.24) is 0 Å². The van der Waals surface area contributed by atoms with Crippen LogP contribution in [-0.4, -0.2) is 19.6 Å². The van der Waals surface area contributed by atoms with Crippen LogP contribution >= 0.6 is 0 Å². The minimum Gasteiger partial charge on any atom is -0.497 e. The molecule has 0 spiro atoms. The summed E-state index contributed by atoms with van der Waals surface area (Å²) in [7, 11) is 1.64. The fourth-order valence-corrected chi connectivity index (χ4v) is 2.73. The molecule has 1 saturated heterocycles. The van der Waals surface area contributed by atoms with Gasteiger partial charge < -0.3 is 14.4 Å². The van der Waals surface area contributed by atoms with Gasteiger partial charge >= 0.3 is 0 Å². The van der Waals surface area contributed by atoms with Crippen LogP contribution < -0.4 is 14.4 Å². The molecule has 2 aromatic rings. The van der Waals surface area contributed by atoms with Crippen molar-refractivity contribution in [3.05, 3.63) is 48.5 Å². The van der Waals surface area contributed by atoms with Crippen LogP contribution in [0.3, 0.4) is 0 Å². The number of ether oxygens (including phenoxy) is 2. The Kier molecular flexibility index (Phi) is 4.81. The molecule has 1 amide bonds. The summed E-state index contributed by atoms with van der Waals surface area (Å²) in [4.78, 5) is 14.0. The minimum atomic E-state index is 0.214. The fraction of sp³-hybridized carbons (Fsp3) is 0.316. The highest BCUT2D eigenvalue weighted by molar-refractivity contribution is 5.93. The number of methoxy groups -OCH3 is 1. The molecule has 120 valence electrons. The molecule has 4 heteroatoms. The number of carbonyl (C=O) groups excluding carboxylic acids is 1. The van der Waals surface area contributed by atoms with Crippen LogP contribution in [0.4, 0.5) is 5.69 Å². The Bertz CT molecular complexity index is 649. The third-order valence-corrected chi connectivity index (χ3v) is 4.02. The maximum atomic E-state index is 12.1. The van der Waals surface area contributed by atoms with Crippen molar-refractivity contribution in [2.75, 3.05) is 18.6 Å². The second kappa shape index (κ2) is 7.18. The van der Waals surface area contributed by atoms with Gasteiger partial charge in [-0.3, -0.25) is 4.79 Å². The van der Waals surface area contributed by atoms with Gasteiger partial charge in [0.25, 0.3) is 0 Å². The standard InChI is InChI=1S/C19H21NO3/c1-22-16-10-12-18(13-11-16)23-17-8-6-15(7-9-17)20-14-4-2-3-5-19(20)21/h6-13H,2-5,14H2,1H3. The highest BCUT2D eigenvalue weighted by atomic mass is 16.5. The number of hydrogen-bond donors (Lipinski definition) is 0. The Morgan fingerprint density at radius 1 is 0.826 bits per heavy atom. The zero-order valence-electron chi connectivity index (χ0n) is 13.3. The van der Waals surface area contributed by atoms with Gasteiger partial charge in [-0.1, -0.05) is 6.42 Å². The van der Waals surface area contributed by atoms with E-state index in [0.717, 1.165) is 48.7 Å². The molecule has 3 rings (SSSR count). The molecule has 0 aromatic heterocycles. The molecule has 2 aromatic carbocycles. The number of anilines is 1. The molecular weight excluding hydrogens is 290 g/mol. The Hall–Kier alpha value is -2.49. The monoisotopic (exact) mass is 311 g/mol. The first-order valence-electron chi connectivity index (χ1n) is 7.98. The first-order chi connectivity index (χ1) is 11.3. The van der Waals surface area contributed by atoms with Crippen LogP contribution in [0.2, 0.25) is 0 Å². The zero-order valence-corrected chi connectivity index (χ0v) is 13.3. The first kappa shape index (κ1) is 15.4. The molecular formula is C19H21NO3. The SMILES string of the molecule is COc1ccc(Oc2ccc(N3CCCCCC3=O)cc2)cc1. The lowest BCUT2D eigenvalue weighted by Crippen LogP contribution is -2.29. The number of benzene rings is 2. The predicted molar refractivity (Wildman–Crippen MR) is 90.3 cm³/mol. The lowest BCUT2D eigenvalue weighted by Gasteiger charge is -2.20. The molecule has 4 nitrogen and oxygen atoms in total. The van der Waals surface area contributed by atoms with Gasteiger partial charge in [0.05, 0.1) is 7.11 Å². The second-order valence-electron chi connectivity index (χ2n) is 5.63. The van der Waals surface area contributed by atoms with Crippen LogP contribution in [0.1, 0.15) is 25.7 Å². The largest absolute Gasteiger partial charge is 0.497 e. The van der Waals surface area contributed by atoms with Gasteiger partial charge in [-0.25, -0.2) is 0 Å². The fourth-order valence-electron chi connectivity index (χ4n) is 2.73. The van der Waals surface area contributed by atoms with E-state index >= 15 is 0 Å². The van der Waals surface area contributed by atoms with Crippen LogP contribution in [0.25, 0.3) is 0 Å². The number of hydrogen-bond acceptors (Lipinski definition) is 3. The van der Waals surface area contributed by atoms with E-state index in [1.807, 2.05) is 53.4 Å². The first-order valence-corrected chi connectivity index (χ1v) is 7.98. The molecule has 0 unspecified atom stereocenters. The summed E-state index contributed by atoms with van der Waals surface area (Å²) in [5.74, 6) is 2.52. The molecule has 0 bridgehead atoms. The van der Waals surface area contributed by atoms with Gasteiger partial charge in [0.15, 0.2) is 0 Å². The number of rotatable bonds is 4. The van der Waals surface area contributed by atoms with Crippen molar-refractivity contribution >= 4 is 11.6 Å². The summed E-state index contributed by atoms with van der Waals surface area (Å²) in [5.41, 5.74) is 0.944. The number of carbonyl (C=O) groups is 1. The molecule has 23 heavy (non-hydrogen) atoms. The normalized spacial score (nSPS) is 15.2. The van der Waals surface area contributed by atoms with E-state index < -0.39 is 0 Å². The molecule has 1 heterocycles. The third-order valence-electron chi connectivity index (χ3n) is 4.02. The Labute approximate surface area is 136 Å². The maximum Gasteiger partial charge on any atom is 0.226 e.